The minimum absolute atomic E-state index is 0.703. The zero-order valence-electron chi connectivity index (χ0n) is 8.59. The Morgan fingerprint density at radius 3 is 1.27 bits per heavy atom. The third-order valence-electron chi connectivity index (χ3n) is 2.00. The molecule has 0 N–H and O–H groups in total. The molecule has 0 aromatic rings. The van der Waals surface area contributed by atoms with Gasteiger partial charge in [-0.25, -0.2) is 4.31 Å². The molecular formula is C8H16O5P2. The first-order valence-corrected chi connectivity index (χ1v) is 7.44. The van der Waals surface area contributed by atoms with Crippen LogP contribution in [0.1, 0.15) is 25.7 Å². The standard InChI is InChI=1S/C8H16O5P2/c1-2-6-10-14(9-5-1)13-15-11-7-3-4-8-12-15/h1-8H2. The second-order valence-corrected chi connectivity index (χ2v) is 5.86. The molecule has 2 aliphatic rings. The van der Waals surface area contributed by atoms with E-state index in [0.29, 0.717) is 26.4 Å². The molecule has 0 unspecified atom stereocenters. The fourth-order valence-electron chi connectivity index (χ4n) is 1.19. The van der Waals surface area contributed by atoms with Crippen LogP contribution in [0.5, 0.6) is 0 Å². The molecule has 0 aromatic heterocycles. The van der Waals surface area contributed by atoms with E-state index in [2.05, 4.69) is 0 Å². The largest absolute Gasteiger partial charge is 0.339 e. The normalized spacial score (nSPS) is 27.2. The van der Waals surface area contributed by atoms with Crippen molar-refractivity contribution in [3.63, 3.8) is 0 Å². The summed E-state index contributed by atoms with van der Waals surface area (Å²) in [6.45, 7) is 2.81. The SMILES string of the molecule is C1CCOP(OP2OCCCCO2)OC1. The van der Waals surface area contributed by atoms with Gasteiger partial charge in [-0.2, -0.15) is 0 Å². The van der Waals surface area contributed by atoms with Crippen molar-refractivity contribution < 1.29 is 22.4 Å². The summed E-state index contributed by atoms with van der Waals surface area (Å²) in [6.07, 6.45) is 4.12. The molecule has 7 heteroatoms. The summed E-state index contributed by atoms with van der Waals surface area (Å²) in [4.78, 5) is 0. The summed E-state index contributed by atoms with van der Waals surface area (Å²) >= 11 is 0. The third kappa shape index (κ3) is 4.58. The Kier molecular flexibility index (Phi) is 5.72. The Bertz CT molecular complexity index is 148. The molecular weight excluding hydrogens is 238 g/mol. The average molecular weight is 254 g/mol. The van der Waals surface area contributed by atoms with Crippen LogP contribution in [-0.4, -0.2) is 26.4 Å². The van der Waals surface area contributed by atoms with Crippen molar-refractivity contribution in [1.82, 2.24) is 0 Å². The molecule has 0 radical (unpaired) electrons. The molecule has 2 saturated heterocycles. The van der Waals surface area contributed by atoms with Crippen LogP contribution in [0.4, 0.5) is 0 Å². The highest BCUT2D eigenvalue weighted by Gasteiger charge is 2.25. The molecule has 0 aromatic carbocycles. The number of hydrogen-bond donors (Lipinski definition) is 0. The summed E-state index contributed by atoms with van der Waals surface area (Å²) in [6, 6.07) is 0. The Balaban J connectivity index is 1.73. The van der Waals surface area contributed by atoms with Crippen LogP contribution in [0.25, 0.3) is 0 Å². The van der Waals surface area contributed by atoms with Crippen molar-refractivity contribution in [2.24, 2.45) is 0 Å². The first kappa shape index (κ1) is 12.1. The molecule has 2 fully saturated rings. The van der Waals surface area contributed by atoms with Gasteiger partial charge in [0.15, 0.2) is 0 Å². The minimum Gasteiger partial charge on any atom is -0.312 e. The van der Waals surface area contributed by atoms with Gasteiger partial charge in [0.05, 0.1) is 26.4 Å². The van der Waals surface area contributed by atoms with E-state index in [1.54, 1.807) is 0 Å². The van der Waals surface area contributed by atoms with E-state index < -0.39 is 17.2 Å². The van der Waals surface area contributed by atoms with Crippen LogP contribution >= 0.6 is 17.2 Å². The van der Waals surface area contributed by atoms with E-state index in [4.69, 9.17) is 22.4 Å². The van der Waals surface area contributed by atoms with Gasteiger partial charge < -0.3 is 18.1 Å². The Morgan fingerprint density at radius 1 is 0.600 bits per heavy atom. The summed E-state index contributed by atoms with van der Waals surface area (Å²) in [5.74, 6) is 0. The molecule has 88 valence electrons. The third-order valence-corrected chi connectivity index (χ3v) is 4.64. The fourth-order valence-corrected chi connectivity index (χ4v) is 3.64. The van der Waals surface area contributed by atoms with Gasteiger partial charge in [-0.15, -0.1) is 0 Å². The van der Waals surface area contributed by atoms with Crippen LogP contribution in [0.2, 0.25) is 0 Å². The van der Waals surface area contributed by atoms with Gasteiger partial charge in [-0.05, 0) is 25.7 Å². The predicted octanol–water partition coefficient (Wildman–Crippen LogP) is 3.11. The van der Waals surface area contributed by atoms with E-state index in [0.717, 1.165) is 25.7 Å². The quantitative estimate of drug-likeness (QED) is 0.708. The Labute approximate surface area is 92.4 Å². The van der Waals surface area contributed by atoms with Crippen LogP contribution in [0, 0.1) is 0 Å². The van der Waals surface area contributed by atoms with Gasteiger partial charge in [0.2, 0.25) is 0 Å². The van der Waals surface area contributed by atoms with Gasteiger partial charge in [-0.1, -0.05) is 0 Å². The Morgan fingerprint density at radius 2 is 0.933 bits per heavy atom. The topological polar surface area (TPSA) is 46.2 Å². The highest BCUT2D eigenvalue weighted by Crippen LogP contribution is 2.56. The van der Waals surface area contributed by atoms with Gasteiger partial charge in [0.25, 0.3) is 0 Å². The molecule has 2 aliphatic heterocycles. The van der Waals surface area contributed by atoms with Gasteiger partial charge >= 0.3 is 17.2 Å². The number of hydrogen-bond acceptors (Lipinski definition) is 5. The lowest BCUT2D eigenvalue weighted by molar-refractivity contribution is 0.197. The van der Waals surface area contributed by atoms with Gasteiger partial charge in [-0.3, -0.25) is 0 Å². The van der Waals surface area contributed by atoms with Crippen molar-refractivity contribution in [2.75, 3.05) is 26.4 Å². The number of rotatable bonds is 2. The molecule has 0 atom stereocenters. The second kappa shape index (κ2) is 7.08. The molecule has 0 bridgehead atoms. The fraction of sp³-hybridized carbons (Fsp3) is 1.00. The van der Waals surface area contributed by atoms with E-state index in [1.807, 2.05) is 0 Å². The molecule has 0 aliphatic carbocycles. The smallest absolute Gasteiger partial charge is 0.312 e. The van der Waals surface area contributed by atoms with E-state index in [9.17, 15) is 0 Å². The van der Waals surface area contributed by atoms with E-state index >= 15 is 0 Å². The molecule has 5 nitrogen and oxygen atoms in total. The monoisotopic (exact) mass is 254 g/mol. The lowest BCUT2D eigenvalue weighted by atomic mass is 10.3. The zero-order valence-corrected chi connectivity index (χ0v) is 10.4. The molecule has 0 spiro atoms. The van der Waals surface area contributed by atoms with Crippen LogP contribution < -0.4 is 0 Å². The maximum Gasteiger partial charge on any atom is 0.339 e. The van der Waals surface area contributed by atoms with Gasteiger partial charge in [0.1, 0.15) is 0 Å². The average Bonchev–Trinajstić information content (AvgIpc) is 2.63. The summed E-state index contributed by atoms with van der Waals surface area (Å²) in [5, 5.41) is 0. The van der Waals surface area contributed by atoms with Crippen molar-refractivity contribution in [1.29, 1.82) is 0 Å². The maximum atomic E-state index is 5.53. The lowest BCUT2D eigenvalue weighted by Gasteiger charge is -2.18. The summed E-state index contributed by atoms with van der Waals surface area (Å²) < 4.78 is 27.2. The minimum atomic E-state index is -1.25. The zero-order chi connectivity index (χ0) is 10.3. The van der Waals surface area contributed by atoms with Crippen molar-refractivity contribution >= 4 is 17.2 Å². The first-order valence-electron chi connectivity index (χ1n) is 5.25. The first-order chi connectivity index (χ1) is 7.45. The lowest BCUT2D eigenvalue weighted by Crippen LogP contribution is -1.94. The molecule has 15 heavy (non-hydrogen) atoms. The highest BCUT2D eigenvalue weighted by molar-refractivity contribution is 7.55. The second-order valence-electron chi connectivity index (χ2n) is 3.28. The van der Waals surface area contributed by atoms with E-state index in [-0.39, 0.29) is 0 Å². The van der Waals surface area contributed by atoms with Crippen LogP contribution in [0.15, 0.2) is 0 Å². The van der Waals surface area contributed by atoms with Gasteiger partial charge in [0, 0.05) is 0 Å². The van der Waals surface area contributed by atoms with E-state index in [1.165, 1.54) is 0 Å². The molecule has 0 amide bonds. The highest BCUT2D eigenvalue weighted by atomic mass is 31.2. The molecule has 2 heterocycles. The van der Waals surface area contributed by atoms with Crippen LogP contribution in [-0.2, 0) is 22.4 Å². The van der Waals surface area contributed by atoms with Crippen molar-refractivity contribution in [3.8, 4) is 0 Å². The predicted molar refractivity (Wildman–Crippen MR) is 57.2 cm³/mol. The molecule has 2 rings (SSSR count). The van der Waals surface area contributed by atoms with Crippen molar-refractivity contribution in [3.05, 3.63) is 0 Å². The summed E-state index contributed by atoms with van der Waals surface area (Å²) in [7, 11) is -2.51. The van der Waals surface area contributed by atoms with Crippen molar-refractivity contribution in [2.45, 2.75) is 25.7 Å². The van der Waals surface area contributed by atoms with Crippen LogP contribution in [0.3, 0.4) is 0 Å². The summed E-state index contributed by atoms with van der Waals surface area (Å²) in [5.41, 5.74) is 0. The molecule has 0 saturated carbocycles. The Hall–Kier alpha value is 0.660. The maximum absolute atomic E-state index is 5.53.